The lowest BCUT2D eigenvalue weighted by atomic mass is 10.0. The molecule has 1 atom stereocenters. The van der Waals surface area contributed by atoms with Crippen LogP contribution < -0.4 is 0 Å². The van der Waals surface area contributed by atoms with Crippen molar-refractivity contribution in [1.29, 1.82) is 0 Å². The highest BCUT2D eigenvalue weighted by atomic mass is 19.1. The van der Waals surface area contributed by atoms with E-state index in [1.54, 1.807) is 19.1 Å². The average molecular weight is 212 g/mol. The van der Waals surface area contributed by atoms with Gasteiger partial charge in [-0.3, -0.25) is 4.79 Å². The molecule has 15 heavy (non-hydrogen) atoms. The third-order valence-corrected chi connectivity index (χ3v) is 2.17. The quantitative estimate of drug-likeness (QED) is 0.776. The summed E-state index contributed by atoms with van der Waals surface area (Å²) in [7, 11) is 1.22. The van der Waals surface area contributed by atoms with Crippen LogP contribution in [0.5, 0.6) is 0 Å². The molecule has 0 bridgehead atoms. The summed E-state index contributed by atoms with van der Waals surface area (Å²) in [6, 6.07) is 4.69. The van der Waals surface area contributed by atoms with E-state index < -0.39 is 17.9 Å². The van der Waals surface area contributed by atoms with E-state index in [9.17, 15) is 14.3 Å². The summed E-state index contributed by atoms with van der Waals surface area (Å²) in [4.78, 5) is 10.9. The van der Waals surface area contributed by atoms with E-state index >= 15 is 0 Å². The van der Waals surface area contributed by atoms with Crippen LogP contribution in [-0.2, 0) is 9.53 Å². The molecule has 0 unspecified atom stereocenters. The molecular formula is C11H13FO3. The van der Waals surface area contributed by atoms with Gasteiger partial charge in [-0.2, -0.15) is 0 Å². The smallest absolute Gasteiger partial charge is 0.308 e. The fraction of sp³-hybridized carbons (Fsp3) is 0.364. The molecule has 0 spiro atoms. The standard InChI is InChI=1S/C11H13FO3/c1-7-4-3-5-8(11(7)12)9(13)6-10(14)15-2/h3-5,9,13H,6H2,1-2H3/t9-/m0/s1. The van der Waals surface area contributed by atoms with Gasteiger partial charge < -0.3 is 9.84 Å². The highest BCUT2D eigenvalue weighted by molar-refractivity contribution is 5.70. The van der Waals surface area contributed by atoms with Crippen molar-refractivity contribution in [2.75, 3.05) is 7.11 Å². The lowest BCUT2D eigenvalue weighted by molar-refractivity contribution is -0.142. The van der Waals surface area contributed by atoms with Crippen molar-refractivity contribution >= 4 is 5.97 Å². The molecule has 0 aliphatic heterocycles. The highest BCUT2D eigenvalue weighted by Crippen LogP contribution is 2.22. The molecule has 0 saturated carbocycles. The van der Waals surface area contributed by atoms with E-state index in [4.69, 9.17) is 0 Å². The first-order chi connectivity index (χ1) is 7.06. The van der Waals surface area contributed by atoms with Crippen LogP contribution in [0.15, 0.2) is 18.2 Å². The number of aryl methyl sites for hydroxylation is 1. The van der Waals surface area contributed by atoms with Crippen LogP contribution >= 0.6 is 0 Å². The minimum Gasteiger partial charge on any atom is -0.469 e. The normalized spacial score (nSPS) is 12.3. The van der Waals surface area contributed by atoms with E-state index in [0.717, 1.165) is 0 Å². The fourth-order valence-corrected chi connectivity index (χ4v) is 1.28. The van der Waals surface area contributed by atoms with Crippen LogP contribution in [0.25, 0.3) is 0 Å². The molecule has 1 aromatic rings. The van der Waals surface area contributed by atoms with Gasteiger partial charge in [-0.25, -0.2) is 4.39 Å². The lowest BCUT2D eigenvalue weighted by Crippen LogP contribution is -2.09. The van der Waals surface area contributed by atoms with Gasteiger partial charge in [0.05, 0.1) is 19.6 Å². The van der Waals surface area contributed by atoms with Crippen LogP contribution in [0.4, 0.5) is 4.39 Å². The maximum Gasteiger partial charge on any atom is 0.308 e. The second-order valence-corrected chi connectivity index (χ2v) is 3.27. The Morgan fingerprint density at radius 2 is 2.27 bits per heavy atom. The number of carbonyl (C=O) groups excluding carboxylic acids is 1. The number of methoxy groups -OCH3 is 1. The number of esters is 1. The molecule has 4 heteroatoms. The largest absolute Gasteiger partial charge is 0.469 e. The summed E-state index contributed by atoms with van der Waals surface area (Å²) in [6.07, 6.45) is -1.39. The Hall–Kier alpha value is -1.42. The molecule has 0 aliphatic carbocycles. The SMILES string of the molecule is COC(=O)C[C@H](O)c1cccc(C)c1F. The Morgan fingerprint density at radius 1 is 1.60 bits per heavy atom. The van der Waals surface area contributed by atoms with Crippen molar-refractivity contribution in [2.24, 2.45) is 0 Å². The summed E-state index contributed by atoms with van der Waals surface area (Å²) >= 11 is 0. The van der Waals surface area contributed by atoms with Gasteiger partial charge in [0, 0.05) is 5.56 Å². The molecule has 3 nitrogen and oxygen atoms in total. The Balaban J connectivity index is 2.86. The van der Waals surface area contributed by atoms with Gasteiger partial charge in [-0.05, 0) is 12.5 Å². The number of aliphatic hydroxyl groups is 1. The Morgan fingerprint density at radius 3 is 2.87 bits per heavy atom. The minimum atomic E-state index is -1.16. The maximum atomic E-state index is 13.5. The van der Waals surface area contributed by atoms with Gasteiger partial charge in [0.1, 0.15) is 5.82 Å². The van der Waals surface area contributed by atoms with E-state index in [1.165, 1.54) is 13.2 Å². The number of ether oxygens (including phenoxy) is 1. The maximum absolute atomic E-state index is 13.5. The number of aliphatic hydroxyl groups excluding tert-OH is 1. The second kappa shape index (κ2) is 4.89. The first-order valence-electron chi connectivity index (χ1n) is 4.56. The number of rotatable bonds is 3. The predicted molar refractivity (Wildman–Crippen MR) is 52.7 cm³/mol. The van der Waals surface area contributed by atoms with Crippen molar-refractivity contribution in [1.82, 2.24) is 0 Å². The van der Waals surface area contributed by atoms with Gasteiger partial charge in [0.2, 0.25) is 0 Å². The fourth-order valence-electron chi connectivity index (χ4n) is 1.28. The van der Waals surface area contributed by atoms with Crippen molar-refractivity contribution in [3.05, 3.63) is 35.1 Å². The first kappa shape index (κ1) is 11.7. The third-order valence-electron chi connectivity index (χ3n) is 2.17. The molecule has 1 rings (SSSR count). The van der Waals surface area contributed by atoms with Crippen LogP contribution in [0.1, 0.15) is 23.7 Å². The highest BCUT2D eigenvalue weighted by Gasteiger charge is 2.17. The molecule has 0 amide bonds. The topological polar surface area (TPSA) is 46.5 Å². The third kappa shape index (κ3) is 2.76. The van der Waals surface area contributed by atoms with Crippen molar-refractivity contribution in [2.45, 2.75) is 19.4 Å². The minimum absolute atomic E-state index is 0.125. The van der Waals surface area contributed by atoms with E-state index in [0.29, 0.717) is 5.56 Å². The van der Waals surface area contributed by atoms with Crippen LogP contribution in [0.2, 0.25) is 0 Å². The van der Waals surface area contributed by atoms with Gasteiger partial charge >= 0.3 is 5.97 Å². The zero-order valence-corrected chi connectivity index (χ0v) is 8.66. The lowest BCUT2D eigenvalue weighted by Gasteiger charge is -2.11. The second-order valence-electron chi connectivity index (χ2n) is 3.27. The molecular weight excluding hydrogens is 199 g/mol. The summed E-state index contributed by atoms with van der Waals surface area (Å²) < 4.78 is 17.9. The molecule has 82 valence electrons. The number of benzene rings is 1. The average Bonchev–Trinajstić information content (AvgIpc) is 2.21. The molecule has 0 heterocycles. The van der Waals surface area contributed by atoms with Crippen LogP contribution in [-0.4, -0.2) is 18.2 Å². The molecule has 1 aromatic carbocycles. The number of carbonyl (C=O) groups is 1. The summed E-state index contributed by atoms with van der Waals surface area (Å²) in [5.74, 6) is -1.04. The first-order valence-corrected chi connectivity index (χ1v) is 4.56. The zero-order chi connectivity index (χ0) is 11.4. The molecule has 0 radical (unpaired) electrons. The predicted octanol–water partition coefficient (Wildman–Crippen LogP) is 1.73. The summed E-state index contributed by atoms with van der Waals surface area (Å²) in [6.45, 7) is 1.60. The Bertz CT molecular complexity index is 363. The van der Waals surface area contributed by atoms with Crippen LogP contribution in [0.3, 0.4) is 0 Å². The van der Waals surface area contributed by atoms with E-state index in [2.05, 4.69) is 4.74 Å². The number of hydrogen-bond donors (Lipinski definition) is 1. The molecule has 1 N–H and O–H groups in total. The summed E-state index contributed by atoms with van der Waals surface area (Å²) in [5, 5.41) is 9.59. The monoisotopic (exact) mass is 212 g/mol. The van der Waals surface area contributed by atoms with E-state index in [-0.39, 0.29) is 12.0 Å². The van der Waals surface area contributed by atoms with Crippen molar-refractivity contribution < 1.29 is 19.0 Å². The Labute approximate surface area is 87.5 Å². The van der Waals surface area contributed by atoms with Gasteiger partial charge in [-0.15, -0.1) is 0 Å². The van der Waals surface area contributed by atoms with E-state index in [1.807, 2.05) is 0 Å². The zero-order valence-electron chi connectivity index (χ0n) is 8.66. The molecule has 0 saturated heterocycles. The number of hydrogen-bond acceptors (Lipinski definition) is 3. The van der Waals surface area contributed by atoms with Gasteiger partial charge in [0.25, 0.3) is 0 Å². The molecule has 0 aliphatic rings. The molecule has 0 fully saturated rings. The van der Waals surface area contributed by atoms with Crippen molar-refractivity contribution in [3.63, 3.8) is 0 Å². The summed E-state index contributed by atoms with van der Waals surface area (Å²) in [5.41, 5.74) is 0.566. The van der Waals surface area contributed by atoms with Gasteiger partial charge in [-0.1, -0.05) is 18.2 Å². The van der Waals surface area contributed by atoms with Gasteiger partial charge in [0.15, 0.2) is 0 Å². The van der Waals surface area contributed by atoms with Crippen molar-refractivity contribution in [3.8, 4) is 0 Å². The molecule has 0 aromatic heterocycles. The Kier molecular flexibility index (Phi) is 3.80. The van der Waals surface area contributed by atoms with Crippen LogP contribution in [0, 0.1) is 12.7 Å². The number of halogens is 1.